The maximum absolute atomic E-state index is 12.9. The lowest BCUT2D eigenvalue weighted by molar-refractivity contribution is 0.207. The van der Waals surface area contributed by atoms with E-state index in [1.807, 2.05) is 60.7 Å². The summed E-state index contributed by atoms with van der Waals surface area (Å²) < 4.78 is 1.78. The van der Waals surface area contributed by atoms with Crippen molar-refractivity contribution in [3.05, 3.63) is 66.1 Å². The predicted molar refractivity (Wildman–Crippen MR) is 105 cm³/mol. The molecule has 1 aliphatic heterocycles. The molecule has 6 heteroatoms. The number of aromatic nitrogens is 3. The van der Waals surface area contributed by atoms with Gasteiger partial charge in [0.2, 0.25) is 0 Å². The van der Waals surface area contributed by atoms with Crippen LogP contribution in [-0.4, -0.2) is 32.2 Å². The Bertz CT molecular complexity index is 950. The summed E-state index contributed by atoms with van der Waals surface area (Å²) in [6, 6.07) is 11.8. The molecule has 2 aromatic heterocycles. The van der Waals surface area contributed by atoms with Crippen molar-refractivity contribution in [2.45, 2.75) is 25.8 Å². The molecule has 1 aromatic carbocycles. The molecule has 0 bridgehead atoms. The number of urea groups is 1. The third-order valence-corrected chi connectivity index (χ3v) is 5.05. The number of carbonyl (C=O) groups is 1. The number of pyridine rings is 1. The first-order valence-electron chi connectivity index (χ1n) is 9.20. The van der Waals surface area contributed by atoms with E-state index in [-0.39, 0.29) is 12.1 Å². The van der Waals surface area contributed by atoms with Gasteiger partial charge < -0.3 is 10.2 Å². The predicted octanol–water partition coefficient (Wildman–Crippen LogP) is 4.16. The number of hydrogen-bond donors (Lipinski definition) is 1. The van der Waals surface area contributed by atoms with Crippen LogP contribution in [0.25, 0.3) is 11.3 Å². The van der Waals surface area contributed by atoms with Gasteiger partial charge in [0.15, 0.2) is 0 Å². The molecule has 0 radical (unpaired) electrons. The molecular weight excluding hydrogens is 338 g/mol. The molecule has 0 saturated carbocycles. The van der Waals surface area contributed by atoms with Gasteiger partial charge in [-0.2, -0.15) is 5.10 Å². The second-order valence-electron chi connectivity index (χ2n) is 6.97. The molecule has 1 aliphatic rings. The molecule has 4 rings (SSSR count). The summed E-state index contributed by atoms with van der Waals surface area (Å²) >= 11 is 0. The monoisotopic (exact) mass is 361 g/mol. The number of benzene rings is 1. The van der Waals surface area contributed by atoms with Gasteiger partial charge in [-0.3, -0.25) is 9.67 Å². The van der Waals surface area contributed by atoms with Crippen LogP contribution >= 0.6 is 0 Å². The average Bonchev–Trinajstić information content (AvgIpc) is 3.33. The topological polar surface area (TPSA) is 63.1 Å². The summed E-state index contributed by atoms with van der Waals surface area (Å²) in [6.07, 6.45) is 7.58. The maximum atomic E-state index is 12.9. The number of rotatable bonds is 3. The van der Waals surface area contributed by atoms with Gasteiger partial charge in [-0.05, 0) is 49.6 Å². The Labute approximate surface area is 158 Å². The van der Waals surface area contributed by atoms with Gasteiger partial charge in [0.05, 0.1) is 17.9 Å². The van der Waals surface area contributed by atoms with Gasteiger partial charge in [0, 0.05) is 42.8 Å². The Balaban J connectivity index is 1.54. The van der Waals surface area contributed by atoms with Crippen molar-refractivity contribution in [2.75, 3.05) is 11.9 Å². The first-order chi connectivity index (χ1) is 13.1. The minimum Gasteiger partial charge on any atom is -0.317 e. The van der Waals surface area contributed by atoms with E-state index in [1.54, 1.807) is 10.9 Å². The van der Waals surface area contributed by atoms with Crippen molar-refractivity contribution in [3.8, 4) is 11.3 Å². The summed E-state index contributed by atoms with van der Waals surface area (Å²) in [5.41, 5.74) is 4.92. The second kappa shape index (κ2) is 7.23. The lowest BCUT2D eigenvalue weighted by Crippen LogP contribution is -2.34. The molecule has 6 nitrogen and oxygen atoms in total. The van der Waals surface area contributed by atoms with Gasteiger partial charge in [-0.1, -0.05) is 12.1 Å². The SMILES string of the molecule is Cc1ccc(NC(=O)N2CCC[C@@H]2c2cnn(C)c2)cc1-c1ccccn1. The lowest BCUT2D eigenvalue weighted by Gasteiger charge is -2.24. The van der Waals surface area contributed by atoms with E-state index in [9.17, 15) is 4.79 Å². The third-order valence-electron chi connectivity index (χ3n) is 5.05. The largest absolute Gasteiger partial charge is 0.322 e. The van der Waals surface area contributed by atoms with Crippen molar-refractivity contribution in [1.29, 1.82) is 0 Å². The van der Waals surface area contributed by atoms with E-state index in [0.29, 0.717) is 0 Å². The highest BCUT2D eigenvalue weighted by molar-refractivity contribution is 5.90. The molecule has 0 aliphatic carbocycles. The quantitative estimate of drug-likeness (QED) is 0.762. The fraction of sp³-hybridized carbons (Fsp3) is 0.286. The second-order valence-corrected chi connectivity index (χ2v) is 6.97. The van der Waals surface area contributed by atoms with Gasteiger partial charge in [-0.25, -0.2) is 4.79 Å². The number of carbonyl (C=O) groups excluding carboxylic acids is 1. The van der Waals surface area contributed by atoms with Crippen LogP contribution in [0.5, 0.6) is 0 Å². The van der Waals surface area contributed by atoms with E-state index >= 15 is 0 Å². The first kappa shape index (κ1) is 17.3. The van der Waals surface area contributed by atoms with Crippen LogP contribution in [0, 0.1) is 6.92 Å². The average molecular weight is 361 g/mol. The zero-order chi connectivity index (χ0) is 18.8. The highest BCUT2D eigenvalue weighted by Gasteiger charge is 2.30. The highest BCUT2D eigenvalue weighted by Crippen LogP contribution is 2.32. The Morgan fingerprint density at radius 2 is 2.15 bits per heavy atom. The normalized spacial score (nSPS) is 16.5. The van der Waals surface area contributed by atoms with Crippen LogP contribution in [0.15, 0.2) is 55.0 Å². The van der Waals surface area contributed by atoms with Crippen LogP contribution < -0.4 is 5.32 Å². The van der Waals surface area contributed by atoms with Crippen molar-refractivity contribution in [3.63, 3.8) is 0 Å². The summed E-state index contributed by atoms with van der Waals surface area (Å²) in [4.78, 5) is 19.2. The van der Waals surface area contributed by atoms with E-state index in [0.717, 1.165) is 47.5 Å². The molecule has 1 atom stereocenters. The molecule has 1 N–H and O–H groups in total. The third kappa shape index (κ3) is 3.56. The molecule has 3 aromatic rings. The lowest BCUT2D eigenvalue weighted by atomic mass is 10.0. The summed E-state index contributed by atoms with van der Waals surface area (Å²) in [5.74, 6) is 0. The highest BCUT2D eigenvalue weighted by atomic mass is 16.2. The molecule has 0 spiro atoms. The smallest absolute Gasteiger partial charge is 0.317 e. The maximum Gasteiger partial charge on any atom is 0.322 e. The number of amides is 2. The van der Waals surface area contributed by atoms with Crippen molar-refractivity contribution in [2.24, 2.45) is 7.05 Å². The van der Waals surface area contributed by atoms with Gasteiger partial charge in [0.1, 0.15) is 0 Å². The van der Waals surface area contributed by atoms with Gasteiger partial charge >= 0.3 is 6.03 Å². The van der Waals surface area contributed by atoms with Crippen LogP contribution in [-0.2, 0) is 7.05 Å². The van der Waals surface area contributed by atoms with Crippen molar-refractivity contribution in [1.82, 2.24) is 19.7 Å². The molecule has 2 amide bonds. The van der Waals surface area contributed by atoms with Gasteiger partial charge in [0.25, 0.3) is 0 Å². The molecule has 0 unspecified atom stereocenters. The first-order valence-corrected chi connectivity index (χ1v) is 9.20. The van der Waals surface area contributed by atoms with Crippen molar-refractivity contribution >= 4 is 11.7 Å². The molecule has 1 fully saturated rings. The van der Waals surface area contributed by atoms with Crippen LogP contribution in [0.2, 0.25) is 0 Å². The number of nitrogens with one attached hydrogen (secondary N) is 1. The van der Waals surface area contributed by atoms with Crippen molar-refractivity contribution < 1.29 is 4.79 Å². The minimum absolute atomic E-state index is 0.0721. The van der Waals surface area contributed by atoms with Gasteiger partial charge in [-0.15, -0.1) is 0 Å². The number of anilines is 1. The molecular formula is C21H23N5O. The number of hydrogen-bond acceptors (Lipinski definition) is 3. The number of likely N-dealkylation sites (tertiary alicyclic amines) is 1. The molecule has 138 valence electrons. The Morgan fingerprint density at radius 1 is 1.26 bits per heavy atom. The fourth-order valence-electron chi connectivity index (χ4n) is 3.66. The summed E-state index contributed by atoms with van der Waals surface area (Å²) in [7, 11) is 1.90. The zero-order valence-corrected chi connectivity index (χ0v) is 15.6. The minimum atomic E-state index is -0.0721. The Hall–Kier alpha value is -3.15. The van der Waals surface area contributed by atoms with Crippen LogP contribution in [0.1, 0.15) is 30.0 Å². The van der Waals surface area contributed by atoms with E-state index in [2.05, 4.69) is 22.3 Å². The van der Waals surface area contributed by atoms with E-state index in [4.69, 9.17) is 0 Å². The van der Waals surface area contributed by atoms with E-state index < -0.39 is 0 Å². The molecule has 3 heterocycles. The summed E-state index contributed by atoms with van der Waals surface area (Å²) in [6.45, 7) is 2.80. The zero-order valence-electron chi connectivity index (χ0n) is 15.6. The Morgan fingerprint density at radius 3 is 2.89 bits per heavy atom. The van der Waals surface area contributed by atoms with E-state index in [1.165, 1.54) is 0 Å². The Kier molecular flexibility index (Phi) is 4.62. The number of nitrogens with zero attached hydrogens (tertiary/aromatic N) is 4. The number of aryl methyl sites for hydroxylation is 2. The standard InChI is InChI=1S/C21H23N5O/c1-15-8-9-17(12-18(15)19-6-3-4-10-22-19)24-21(27)26-11-5-7-20(26)16-13-23-25(2)14-16/h3-4,6,8-10,12-14,20H,5,7,11H2,1-2H3,(H,24,27)/t20-/m1/s1. The summed E-state index contributed by atoms with van der Waals surface area (Å²) in [5, 5.41) is 7.30. The van der Waals surface area contributed by atoms with Crippen LogP contribution in [0.4, 0.5) is 10.5 Å². The fourth-order valence-corrected chi connectivity index (χ4v) is 3.66. The molecule has 1 saturated heterocycles. The molecule has 27 heavy (non-hydrogen) atoms. The van der Waals surface area contributed by atoms with Crippen LogP contribution in [0.3, 0.4) is 0 Å².